The number of nitro benzene ring substituents is 1. The average molecular weight is 308 g/mol. The van der Waals surface area contributed by atoms with Gasteiger partial charge in [0.2, 0.25) is 0 Å². The molecule has 22 heavy (non-hydrogen) atoms. The van der Waals surface area contributed by atoms with E-state index in [0.717, 1.165) is 31.5 Å². The van der Waals surface area contributed by atoms with E-state index in [1.54, 1.807) is 19.2 Å². The minimum absolute atomic E-state index is 0.0896. The van der Waals surface area contributed by atoms with Crippen LogP contribution in [0, 0.1) is 10.1 Å². The van der Waals surface area contributed by atoms with Crippen LogP contribution in [0.25, 0.3) is 0 Å². The minimum Gasteiger partial charge on any atom is -0.496 e. The molecule has 0 radical (unpaired) electrons. The molecule has 0 unspecified atom stereocenters. The molecule has 2 aliphatic rings. The first-order valence-electron chi connectivity index (χ1n) is 7.43. The Morgan fingerprint density at radius 2 is 2.00 bits per heavy atom. The molecular formula is C15H20N2O5. The number of nitro groups is 1. The zero-order valence-electron chi connectivity index (χ0n) is 12.6. The van der Waals surface area contributed by atoms with Crippen LogP contribution in [0.5, 0.6) is 5.75 Å². The van der Waals surface area contributed by atoms with Gasteiger partial charge in [0.1, 0.15) is 5.75 Å². The van der Waals surface area contributed by atoms with E-state index in [-0.39, 0.29) is 10.6 Å². The van der Waals surface area contributed by atoms with E-state index in [1.165, 1.54) is 6.07 Å². The van der Waals surface area contributed by atoms with Crippen LogP contribution >= 0.6 is 0 Å². The maximum absolute atomic E-state index is 10.9. The fraction of sp³-hybridized carbons (Fsp3) is 0.600. The van der Waals surface area contributed by atoms with Crippen LogP contribution in [-0.4, -0.2) is 49.0 Å². The Balaban J connectivity index is 1.68. The van der Waals surface area contributed by atoms with Gasteiger partial charge in [0.25, 0.3) is 5.69 Å². The van der Waals surface area contributed by atoms with Crippen molar-refractivity contribution in [1.82, 2.24) is 4.90 Å². The van der Waals surface area contributed by atoms with Gasteiger partial charge in [-0.05, 0) is 6.07 Å². The number of hydrogen-bond donors (Lipinski definition) is 0. The highest BCUT2D eigenvalue weighted by Crippen LogP contribution is 2.33. The minimum atomic E-state index is -0.400. The highest BCUT2D eigenvalue weighted by Gasteiger charge is 2.39. The van der Waals surface area contributed by atoms with Gasteiger partial charge in [-0.2, -0.15) is 0 Å². The third-order valence-electron chi connectivity index (χ3n) is 4.30. The van der Waals surface area contributed by atoms with Crippen molar-refractivity contribution in [2.75, 3.05) is 33.4 Å². The summed E-state index contributed by atoms with van der Waals surface area (Å²) in [5.74, 6) is 0.280. The number of piperidine rings is 1. The van der Waals surface area contributed by atoms with Gasteiger partial charge in [-0.3, -0.25) is 15.0 Å². The summed E-state index contributed by atoms with van der Waals surface area (Å²) in [7, 11) is 1.58. The maximum Gasteiger partial charge on any atom is 0.270 e. The summed E-state index contributed by atoms with van der Waals surface area (Å²) < 4.78 is 16.7. The first-order chi connectivity index (χ1) is 10.6. The first-order valence-corrected chi connectivity index (χ1v) is 7.43. The second-order valence-electron chi connectivity index (χ2n) is 5.64. The van der Waals surface area contributed by atoms with Crippen molar-refractivity contribution in [3.63, 3.8) is 0 Å². The van der Waals surface area contributed by atoms with Gasteiger partial charge < -0.3 is 14.2 Å². The molecule has 120 valence electrons. The Kier molecular flexibility index (Phi) is 4.28. The van der Waals surface area contributed by atoms with Crippen LogP contribution < -0.4 is 4.74 Å². The molecule has 2 heterocycles. The third kappa shape index (κ3) is 3.06. The van der Waals surface area contributed by atoms with Gasteiger partial charge in [0.05, 0.1) is 25.2 Å². The summed E-state index contributed by atoms with van der Waals surface area (Å²) in [4.78, 5) is 12.8. The fourth-order valence-corrected chi connectivity index (χ4v) is 3.08. The lowest BCUT2D eigenvalue weighted by Gasteiger charge is -2.37. The monoisotopic (exact) mass is 308 g/mol. The van der Waals surface area contributed by atoms with Crippen LogP contribution in [0.4, 0.5) is 5.69 Å². The standard InChI is InChI=1S/C15H20N2O5/c1-20-14-3-2-13(17(18)19)10-12(14)11-16-6-4-15(5-7-16)21-8-9-22-15/h2-3,10H,4-9,11H2,1H3. The zero-order chi connectivity index (χ0) is 15.6. The lowest BCUT2D eigenvalue weighted by atomic mass is 10.0. The van der Waals surface area contributed by atoms with E-state index in [9.17, 15) is 10.1 Å². The molecule has 0 aromatic heterocycles. The van der Waals surface area contributed by atoms with E-state index in [2.05, 4.69) is 4.90 Å². The van der Waals surface area contributed by atoms with Crippen LogP contribution in [0.3, 0.4) is 0 Å². The summed E-state index contributed by atoms with van der Waals surface area (Å²) in [5.41, 5.74) is 0.924. The van der Waals surface area contributed by atoms with Crippen molar-refractivity contribution in [2.24, 2.45) is 0 Å². The Morgan fingerprint density at radius 3 is 2.59 bits per heavy atom. The number of benzene rings is 1. The van der Waals surface area contributed by atoms with Gasteiger partial charge in [0.15, 0.2) is 5.79 Å². The highest BCUT2D eigenvalue weighted by molar-refractivity contribution is 5.43. The predicted octanol–water partition coefficient (Wildman–Crippen LogP) is 1.94. The van der Waals surface area contributed by atoms with Gasteiger partial charge in [-0.15, -0.1) is 0 Å². The summed E-state index contributed by atoms with van der Waals surface area (Å²) in [6.07, 6.45) is 1.65. The van der Waals surface area contributed by atoms with E-state index < -0.39 is 5.79 Å². The van der Waals surface area contributed by atoms with E-state index in [1.807, 2.05) is 0 Å². The van der Waals surface area contributed by atoms with Crippen molar-refractivity contribution >= 4 is 5.69 Å². The Hall–Kier alpha value is -1.70. The Bertz CT molecular complexity index is 547. The van der Waals surface area contributed by atoms with Gasteiger partial charge in [0, 0.05) is 50.2 Å². The predicted molar refractivity (Wildman–Crippen MR) is 78.8 cm³/mol. The third-order valence-corrected chi connectivity index (χ3v) is 4.30. The second-order valence-corrected chi connectivity index (χ2v) is 5.64. The number of non-ortho nitro benzene ring substituents is 1. The van der Waals surface area contributed by atoms with Gasteiger partial charge >= 0.3 is 0 Å². The van der Waals surface area contributed by atoms with Crippen LogP contribution in [-0.2, 0) is 16.0 Å². The number of rotatable bonds is 4. The Labute approximate surface area is 128 Å². The molecule has 7 nitrogen and oxygen atoms in total. The summed E-state index contributed by atoms with van der Waals surface area (Å²) in [6.45, 7) is 3.63. The SMILES string of the molecule is COc1ccc([N+](=O)[O-])cc1CN1CCC2(CC1)OCCO2. The van der Waals surface area contributed by atoms with E-state index in [4.69, 9.17) is 14.2 Å². The first kappa shape index (κ1) is 15.2. The molecule has 0 saturated carbocycles. The van der Waals surface area contributed by atoms with Crippen molar-refractivity contribution in [1.29, 1.82) is 0 Å². The van der Waals surface area contributed by atoms with Crippen molar-refractivity contribution < 1.29 is 19.1 Å². The lowest BCUT2D eigenvalue weighted by molar-refractivity contribution is -0.385. The molecule has 2 fully saturated rings. The van der Waals surface area contributed by atoms with Gasteiger partial charge in [-0.1, -0.05) is 0 Å². The normalized spacial score (nSPS) is 21.1. The molecule has 2 saturated heterocycles. The van der Waals surface area contributed by atoms with E-state index >= 15 is 0 Å². The molecule has 0 aliphatic carbocycles. The maximum atomic E-state index is 10.9. The Morgan fingerprint density at radius 1 is 1.32 bits per heavy atom. The smallest absolute Gasteiger partial charge is 0.270 e. The zero-order valence-corrected chi connectivity index (χ0v) is 12.6. The number of methoxy groups -OCH3 is 1. The second kappa shape index (κ2) is 6.20. The van der Waals surface area contributed by atoms with Crippen molar-refractivity contribution in [3.05, 3.63) is 33.9 Å². The van der Waals surface area contributed by atoms with Crippen molar-refractivity contribution in [2.45, 2.75) is 25.2 Å². The number of hydrogen-bond acceptors (Lipinski definition) is 6. The summed E-state index contributed by atoms with van der Waals surface area (Å²) in [5, 5.41) is 10.9. The molecular weight excluding hydrogens is 288 g/mol. The molecule has 1 spiro atoms. The van der Waals surface area contributed by atoms with Crippen LogP contribution in [0.15, 0.2) is 18.2 Å². The summed E-state index contributed by atoms with van der Waals surface area (Å²) in [6, 6.07) is 4.71. The fourth-order valence-electron chi connectivity index (χ4n) is 3.08. The lowest BCUT2D eigenvalue weighted by Crippen LogP contribution is -2.44. The molecule has 1 aromatic carbocycles. The quantitative estimate of drug-likeness (QED) is 0.625. The van der Waals surface area contributed by atoms with Gasteiger partial charge in [-0.25, -0.2) is 0 Å². The average Bonchev–Trinajstić information content (AvgIpc) is 2.98. The number of ether oxygens (including phenoxy) is 3. The largest absolute Gasteiger partial charge is 0.496 e. The molecule has 0 N–H and O–H groups in total. The van der Waals surface area contributed by atoms with Crippen LogP contribution in [0.2, 0.25) is 0 Å². The van der Waals surface area contributed by atoms with E-state index in [0.29, 0.717) is 25.5 Å². The molecule has 0 atom stereocenters. The molecule has 7 heteroatoms. The summed E-state index contributed by atoms with van der Waals surface area (Å²) >= 11 is 0. The highest BCUT2D eigenvalue weighted by atomic mass is 16.7. The van der Waals surface area contributed by atoms with Crippen molar-refractivity contribution in [3.8, 4) is 5.75 Å². The molecule has 3 rings (SSSR count). The molecule has 0 amide bonds. The molecule has 0 bridgehead atoms. The van der Waals surface area contributed by atoms with Crippen LogP contribution in [0.1, 0.15) is 18.4 Å². The molecule has 2 aliphatic heterocycles. The topological polar surface area (TPSA) is 74.1 Å². The molecule has 1 aromatic rings. The number of likely N-dealkylation sites (tertiary alicyclic amines) is 1. The number of nitrogens with zero attached hydrogens (tertiary/aromatic N) is 2.